The fraction of sp³-hybridized carbons (Fsp3) is 0.417. The van der Waals surface area contributed by atoms with E-state index in [2.05, 4.69) is 21.2 Å². The van der Waals surface area contributed by atoms with Crippen LogP contribution in [0, 0.1) is 0 Å². The lowest BCUT2D eigenvalue weighted by atomic mass is 10.2. The van der Waals surface area contributed by atoms with E-state index in [1.807, 2.05) is 0 Å². The van der Waals surface area contributed by atoms with Crippen molar-refractivity contribution in [2.24, 2.45) is 0 Å². The van der Waals surface area contributed by atoms with Crippen molar-refractivity contribution in [1.29, 1.82) is 0 Å². The summed E-state index contributed by atoms with van der Waals surface area (Å²) in [6.07, 6.45) is 0.790. The lowest BCUT2D eigenvalue weighted by Crippen LogP contribution is -2.26. The molecule has 0 spiro atoms. The summed E-state index contributed by atoms with van der Waals surface area (Å²) in [7, 11) is 0. The van der Waals surface area contributed by atoms with Crippen molar-refractivity contribution in [1.82, 2.24) is 5.32 Å². The van der Waals surface area contributed by atoms with Crippen molar-refractivity contribution in [3.8, 4) is 0 Å². The highest BCUT2D eigenvalue weighted by atomic mass is 79.9. The second-order valence-electron chi connectivity index (χ2n) is 3.57. The molecule has 3 nitrogen and oxygen atoms in total. The second-order valence-corrected chi connectivity index (χ2v) is 6.09. The maximum atomic E-state index is 11.9. The maximum absolute atomic E-state index is 11.9. The van der Waals surface area contributed by atoms with E-state index < -0.39 is 0 Å². The van der Waals surface area contributed by atoms with Crippen LogP contribution in [0.2, 0.25) is 5.02 Å². The first-order valence-electron chi connectivity index (χ1n) is 5.57. The SMILES string of the molecule is O=C(NCCSCCCO)c1cc(Cl)ccc1Br. The molecule has 0 saturated carbocycles. The summed E-state index contributed by atoms with van der Waals surface area (Å²) in [5.74, 6) is 1.61. The van der Waals surface area contributed by atoms with Gasteiger partial charge in [-0.15, -0.1) is 0 Å². The van der Waals surface area contributed by atoms with Crippen LogP contribution in [0.25, 0.3) is 0 Å². The van der Waals surface area contributed by atoms with Gasteiger partial charge in [-0.25, -0.2) is 0 Å². The number of hydrogen-bond acceptors (Lipinski definition) is 3. The number of nitrogens with one attached hydrogen (secondary N) is 1. The van der Waals surface area contributed by atoms with Crippen molar-refractivity contribution in [3.05, 3.63) is 33.3 Å². The molecule has 0 aromatic heterocycles. The van der Waals surface area contributed by atoms with Gasteiger partial charge in [0.25, 0.3) is 5.91 Å². The largest absolute Gasteiger partial charge is 0.396 e. The zero-order chi connectivity index (χ0) is 13.4. The minimum absolute atomic E-state index is 0.132. The molecule has 0 heterocycles. The Kier molecular flexibility index (Phi) is 7.74. The Morgan fingerprint density at radius 3 is 2.94 bits per heavy atom. The van der Waals surface area contributed by atoms with Crippen LogP contribution in [0.15, 0.2) is 22.7 Å². The number of aliphatic hydroxyl groups is 1. The summed E-state index contributed by atoms with van der Waals surface area (Å²) in [6.45, 7) is 0.822. The summed E-state index contributed by atoms with van der Waals surface area (Å²) in [5.41, 5.74) is 0.544. The third kappa shape index (κ3) is 5.61. The predicted molar refractivity (Wildman–Crippen MR) is 80.5 cm³/mol. The molecule has 0 fully saturated rings. The first-order valence-corrected chi connectivity index (χ1v) is 7.89. The molecule has 0 radical (unpaired) electrons. The number of benzene rings is 1. The molecule has 0 saturated heterocycles. The molecule has 0 unspecified atom stereocenters. The van der Waals surface area contributed by atoms with Crippen molar-refractivity contribution in [2.45, 2.75) is 6.42 Å². The first kappa shape index (κ1) is 15.8. The Labute approximate surface area is 124 Å². The minimum Gasteiger partial charge on any atom is -0.396 e. The molecule has 100 valence electrons. The molecule has 2 N–H and O–H groups in total. The molecular formula is C12H15BrClNO2S. The fourth-order valence-corrected chi connectivity index (χ4v) is 2.65. The van der Waals surface area contributed by atoms with Gasteiger partial charge in [0.1, 0.15) is 0 Å². The molecule has 1 aromatic rings. The van der Waals surface area contributed by atoms with E-state index in [-0.39, 0.29) is 12.5 Å². The first-order chi connectivity index (χ1) is 8.65. The molecule has 0 bridgehead atoms. The second kappa shape index (κ2) is 8.80. The summed E-state index contributed by atoms with van der Waals surface area (Å²) < 4.78 is 0.734. The quantitative estimate of drug-likeness (QED) is 0.742. The van der Waals surface area contributed by atoms with Crippen LogP contribution >= 0.6 is 39.3 Å². The Bertz CT molecular complexity index is 404. The normalized spacial score (nSPS) is 10.4. The third-order valence-corrected chi connectivity index (χ3v) is 4.15. The molecule has 0 aliphatic heterocycles. The fourth-order valence-electron chi connectivity index (χ4n) is 1.27. The zero-order valence-corrected chi connectivity index (χ0v) is 12.9. The van der Waals surface area contributed by atoms with E-state index in [1.165, 1.54) is 0 Å². The van der Waals surface area contributed by atoms with Crippen LogP contribution in [-0.2, 0) is 0 Å². The average molecular weight is 353 g/mol. The molecule has 18 heavy (non-hydrogen) atoms. The van der Waals surface area contributed by atoms with Gasteiger partial charge in [0, 0.05) is 28.4 Å². The summed E-state index contributed by atoms with van der Waals surface area (Å²) >= 11 is 10.9. The highest BCUT2D eigenvalue weighted by Crippen LogP contribution is 2.20. The highest BCUT2D eigenvalue weighted by Gasteiger charge is 2.09. The van der Waals surface area contributed by atoms with Gasteiger partial charge in [0.2, 0.25) is 0 Å². The van der Waals surface area contributed by atoms with Crippen molar-refractivity contribution >= 4 is 45.2 Å². The minimum atomic E-state index is -0.132. The number of carbonyl (C=O) groups is 1. The predicted octanol–water partition coefficient (Wildman–Crippen LogP) is 2.95. The highest BCUT2D eigenvalue weighted by molar-refractivity contribution is 9.10. The van der Waals surface area contributed by atoms with Crippen molar-refractivity contribution < 1.29 is 9.90 Å². The number of aliphatic hydroxyl groups excluding tert-OH is 1. The number of thioether (sulfide) groups is 1. The molecule has 0 aliphatic carbocycles. The van der Waals surface area contributed by atoms with Gasteiger partial charge >= 0.3 is 0 Å². The topological polar surface area (TPSA) is 49.3 Å². The number of hydrogen-bond donors (Lipinski definition) is 2. The standard InChI is InChI=1S/C12H15BrClNO2S/c13-11-3-2-9(14)8-10(11)12(17)15-4-7-18-6-1-5-16/h2-3,8,16H,1,4-7H2,(H,15,17). The van der Waals surface area contributed by atoms with Crippen LogP contribution in [0.4, 0.5) is 0 Å². The monoisotopic (exact) mass is 351 g/mol. The lowest BCUT2D eigenvalue weighted by Gasteiger charge is -2.07. The van der Waals surface area contributed by atoms with E-state index in [1.54, 1.807) is 30.0 Å². The van der Waals surface area contributed by atoms with E-state index in [4.69, 9.17) is 16.7 Å². The van der Waals surface area contributed by atoms with Crippen LogP contribution in [0.1, 0.15) is 16.8 Å². The van der Waals surface area contributed by atoms with E-state index in [9.17, 15) is 4.79 Å². The summed E-state index contributed by atoms with van der Waals surface area (Å²) in [4.78, 5) is 11.9. The Hall–Kier alpha value is -0.230. The van der Waals surface area contributed by atoms with Crippen LogP contribution < -0.4 is 5.32 Å². The maximum Gasteiger partial charge on any atom is 0.252 e. The van der Waals surface area contributed by atoms with Gasteiger partial charge in [0.05, 0.1) is 5.56 Å². The van der Waals surface area contributed by atoms with Gasteiger partial charge < -0.3 is 10.4 Å². The average Bonchev–Trinajstić information content (AvgIpc) is 2.36. The van der Waals surface area contributed by atoms with Gasteiger partial charge in [-0.3, -0.25) is 4.79 Å². The Morgan fingerprint density at radius 1 is 1.44 bits per heavy atom. The Morgan fingerprint density at radius 2 is 2.22 bits per heavy atom. The molecule has 1 aromatic carbocycles. The van der Waals surface area contributed by atoms with Crippen LogP contribution in [0.3, 0.4) is 0 Å². The lowest BCUT2D eigenvalue weighted by molar-refractivity contribution is 0.0955. The van der Waals surface area contributed by atoms with Gasteiger partial charge in [-0.05, 0) is 46.3 Å². The number of amides is 1. The van der Waals surface area contributed by atoms with Crippen molar-refractivity contribution in [3.63, 3.8) is 0 Å². The molecule has 1 rings (SSSR count). The zero-order valence-electron chi connectivity index (χ0n) is 9.79. The number of rotatable bonds is 7. The van der Waals surface area contributed by atoms with Gasteiger partial charge in [0.15, 0.2) is 0 Å². The molecule has 6 heteroatoms. The van der Waals surface area contributed by atoms with Gasteiger partial charge in [-0.1, -0.05) is 11.6 Å². The summed E-state index contributed by atoms with van der Waals surface area (Å²) in [5, 5.41) is 12.0. The number of carbonyl (C=O) groups excluding carboxylic acids is 1. The summed E-state index contributed by atoms with van der Waals surface area (Å²) in [6, 6.07) is 5.13. The van der Waals surface area contributed by atoms with Crippen LogP contribution in [-0.4, -0.2) is 35.7 Å². The molecular weight excluding hydrogens is 338 g/mol. The number of halogens is 2. The van der Waals surface area contributed by atoms with E-state index in [0.29, 0.717) is 17.1 Å². The molecule has 1 amide bonds. The smallest absolute Gasteiger partial charge is 0.252 e. The third-order valence-electron chi connectivity index (χ3n) is 2.15. The van der Waals surface area contributed by atoms with Crippen molar-refractivity contribution in [2.75, 3.05) is 24.7 Å². The van der Waals surface area contributed by atoms with Crippen LogP contribution in [0.5, 0.6) is 0 Å². The molecule has 0 atom stereocenters. The van der Waals surface area contributed by atoms with E-state index >= 15 is 0 Å². The molecule has 0 aliphatic rings. The Balaban J connectivity index is 2.34. The van der Waals surface area contributed by atoms with E-state index in [0.717, 1.165) is 22.4 Å². The van der Waals surface area contributed by atoms with Gasteiger partial charge in [-0.2, -0.15) is 11.8 Å².